The van der Waals surface area contributed by atoms with Crippen LogP contribution in [-0.2, 0) is 29.1 Å². The van der Waals surface area contributed by atoms with Gasteiger partial charge in [-0.15, -0.1) is 0 Å². The maximum atomic E-state index is 14.7. The molecule has 5 atom stereocenters. The highest BCUT2D eigenvalue weighted by molar-refractivity contribution is 7.91. The molecular weight excluding hydrogens is 770 g/mol. The van der Waals surface area contributed by atoms with Crippen LogP contribution in [0.1, 0.15) is 83.5 Å². The quantitative estimate of drug-likeness (QED) is 0.197. The zero-order chi connectivity index (χ0) is 40.2. The van der Waals surface area contributed by atoms with Crippen molar-refractivity contribution < 1.29 is 45.9 Å². The molecule has 0 bridgehead atoms. The van der Waals surface area contributed by atoms with Gasteiger partial charge >= 0.3 is 6.09 Å². The Balaban J connectivity index is 1.06. The summed E-state index contributed by atoms with van der Waals surface area (Å²) in [4.78, 5) is 62.5. The fourth-order valence-corrected chi connectivity index (χ4v) is 10.2. The third-order valence-corrected chi connectivity index (χ3v) is 14.0. The number of hydrogen-bond donors (Lipinski definition) is 3. The fourth-order valence-electron chi connectivity index (χ4n) is 8.79. The molecule has 3 saturated carbocycles. The highest BCUT2D eigenvalue weighted by Gasteiger charge is 2.62. The van der Waals surface area contributed by atoms with Gasteiger partial charge in [0, 0.05) is 29.2 Å². The van der Waals surface area contributed by atoms with Crippen molar-refractivity contribution in [2.24, 2.45) is 5.92 Å². The number of nitrogens with zero attached hydrogens (tertiary/aromatic N) is 2. The van der Waals surface area contributed by atoms with E-state index >= 15 is 0 Å². The molecule has 14 nitrogen and oxygen atoms in total. The standard InChI is InChI=1S/C42H46FN5O9S/c43-25-16-19-30-34(20-25)57-37-35(30)44-31-14-9-8-13-29(31)36(37)55-27-21-33-38(49)46-42(40(51)47-58(53,54)28-17-18-28)22-24(42)10-4-2-1-3-5-15-32(39(50)48(33)23-27)45-41(52)56-26-11-6-7-12-26/h4,8-10,13-14,16,19-20,24,26-28,32-33H,1-3,5-7,11-12,15,17-18,21-23H2,(H,45,52)(H,46,49)(H,47,51)/b10-4-/t24-,27+,32-,33+,42-/m1/s1. The van der Waals surface area contributed by atoms with Crippen molar-refractivity contribution in [3.05, 3.63) is 60.4 Å². The Morgan fingerprint density at radius 1 is 0.966 bits per heavy atom. The van der Waals surface area contributed by atoms with E-state index in [1.165, 1.54) is 17.0 Å². The van der Waals surface area contributed by atoms with Crippen LogP contribution in [0.25, 0.3) is 33.0 Å². The van der Waals surface area contributed by atoms with E-state index in [0.29, 0.717) is 59.7 Å². The highest BCUT2D eigenvalue weighted by Crippen LogP contribution is 2.46. The van der Waals surface area contributed by atoms with Crippen LogP contribution in [0.4, 0.5) is 9.18 Å². The van der Waals surface area contributed by atoms with Crippen molar-refractivity contribution >= 4 is 66.8 Å². The number of alkyl carbamates (subject to hydrolysis) is 1. The van der Waals surface area contributed by atoms with Crippen LogP contribution in [0, 0.1) is 11.7 Å². The van der Waals surface area contributed by atoms with Gasteiger partial charge < -0.3 is 29.4 Å². The number of rotatable bonds is 7. The molecule has 1 saturated heterocycles. The second kappa shape index (κ2) is 15.2. The van der Waals surface area contributed by atoms with Crippen molar-refractivity contribution in [1.29, 1.82) is 0 Å². The van der Waals surface area contributed by atoms with E-state index in [2.05, 4.69) is 15.4 Å². The minimum absolute atomic E-state index is 0.0115. The topological polar surface area (TPSA) is 186 Å². The molecule has 3 aliphatic carbocycles. The van der Waals surface area contributed by atoms with Gasteiger partial charge in [0.1, 0.15) is 46.7 Å². The van der Waals surface area contributed by atoms with E-state index < -0.39 is 74.5 Å². The smallest absolute Gasteiger partial charge is 0.408 e. The van der Waals surface area contributed by atoms with Gasteiger partial charge in [-0.25, -0.2) is 22.6 Å². The number of pyridine rings is 1. The maximum Gasteiger partial charge on any atom is 0.408 e. The number of sulfonamides is 1. The van der Waals surface area contributed by atoms with E-state index in [4.69, 9.17) is 18.9 Å². The zero-order valence-electron chi connectivity index (χ0n) is 31.9. The molecule has 306 valence electrons. The van der Waals surface area contributed by atoms with Gasteiger partial charge in [-0.1, -0.05) is 37.1 Å². The second-order valence-electron chi connectivity index (χ2n) is 16.4. The lowest BCUT2D eigenvalue weighted by molar-refractivity contribution is -0.141. The number of aromatic nitrogens is 1. The van der Waals surface area contributed by atoms with Gasteiger partial charge in [0.2, 0.25) is 21.8 Å². The lowest BCUT2D eigenvalue weighted by Crippen LogP contribution is -2.58. The molecule has 0 unspecified atom stereocenters. The molecule has 0 spiro atoms. The second-order valence-corrected chi connectivity index (χ2v) is 18.3. The van der Waals surface area contributed by atoms with Crippen molar-refractivity contribution in [2.75, 3.05) is 6.54 Å². The summed E-state index contributed by atoms with van der Waals surface area (Å²) in [6, 6.07) is 9.27. The molecule has 2 aromatic heterocycles. The Bertz CT molecular complexity index is 2440. The van der Waals surface area contributed by atoms with Gasteiger partial charge in [-0.2, -0.15) is 0 Å². The molecule has 5 aliphatic rings. The van der Waals surface area contributed by atoms with Crippen LogP contribution in [0.5, 0.6) is 5.75 Å². The number of allylic oxidation sites excluding steroid dienone is 1. The number of carbonyl (C=O) groups excluding carboxylic acids is 4. The lowest BCUT2D eigenvalue weighted by atomic mass is 10.0. The molecule has 3 N–H and O–H groups in total. The molecule has 4 heterocycles. The first-order valence-corrected chi connectivity index (χ1v) is 21.9. The Morgan fingerprint density at radius 3 is 2.57 bits per heavy atom. The third kappa shape index (κ3) is 7.46. The van der Waals surface area contributed by atoms with Crippen LogP contribution in [0.15, 0.2) is 59.0 Å². The summed E-state index contributed by atoms with van der Waals surface area (Å²) in [5.74, 6) is -2.60. The molecule has 9 rings (SSSR count). The Morgan fingerprint density at radius 2 is 1.76 bits per heavy atom. The van der Waals surface area contributed by atoms with E-state index in [1.54, 1.807) is 6.07 Å². The van der Waals surface area contributed by atoms with Gasteiger partial charge in [0.05, 0.1) is 17.3 Å². The van der Waals surface area contributed by atoms with Crippen molar-refractivity contribution in [1.82, 2.24) is 25.2 Å². The van der Waals surface area contributed by atoms with Crippen LogP contribution in [-0.4, -0.2) is 83.7 Å². The Hall–Kier alpha value is -5.25. The van der Waals surface area contributed by atoms with E-state index in [9.17, 15) is 32.0 Å². The van der Waals surface area contributed by atoms with Gasteiger partial charge in [0.15, 0.2) is 11.3 Å². The van der Waals surface area contributed by atoms with Gasteiger partial charge in [-0.3, -0.25) is 19.1 Å². The van der Waals surface area contributed by atoms with Crippen LogP contribution >= 0.6 is 0 Å². The molecular formula is C42H46FN5O9S. The maximum absolute atomic E-state index is 14.7. The molecule has 16 heteroatoms. The number of nitrogens with one attached hydrogen (secondary N) is 3. The Labute approximate surface area is 334 Å². The number of para-hydroxylation sites is 1. The number of carbonyl (C=O) groups is 4. The number of fused-ring (bicyclic) bond motifs is 6. The molecule has 4 aromatic rings. The van der Waals surface area contributed by atoms with Crippen molar-refractivity contribution in [3.8, 4) is 5.75 Å². The lowest BCUT2D eigenvalue weighted by Gasteiger charge is -2.30. The summed E-state index contributed by atoms with van der Waals surface area (Å²) in [5, 5.41) is 6.23. The first kappa shape index (κ1) is 38.3. The number of ether oxygens (including phenoxy) is 2. The highest BCUT2D eigenvalue weighted by atomic mass is 32.2. The molecule has 2 aliphatic heterocycles. The average Bonchev–Trinajstić information content (AvgIpc) is 4.01. The molecule has 2 aromatic carbocycles. The number of benzene rings is 2. The average molecular weight is 816 g/mol. The fraction of sp³-hybridized carbons (Fsp3) is 0.500. The molecule has 4 fully saturated rings. The largest absolute Gasteiger partial charge is 0.484 e. The monoisotopic (exact) mass is 815 g/mol. The summed E-state index contributed by atoms with van der Waals surface area (Å²) in [7, 11) is -3.92. The Kier molecular flexibility index (Phi) is 10.0. The summed E-state index contributed by atoms with van der Waals surface area (Å²) < 4.78 is 61.0. The third-order valence-electron chi connectivity index (χ3n) is 12.2. The van der Waals surface area contributed by atoms with Crippen molar-refractivity contribution in [3.63, 3.8) is 0 Å². The predicted molar refractivity (Wildman–Crippen MR) is 210 cm³/mol. The number of hydrogen-bond acceptors (Lipinski definition) is 10. The summed E-state index contributed by atoms with van der Waals surface area (Å²) in [5.41, 5.74) is 0.0511. The normalized spacial score (nSPS) is 27.6. The predicted octanol–water partition coefficient (Wildman–Crippen LogP) is 5.66. The van der Waals surface area contributed by atoms with Crippen LogP contribution in [0.3, 0.4) is 0 Å². The summed E-state index contributed by atoms with van der Waals surface area (Å²) >= 11 is 0. The number of halogens is 1. The van der Waals surface area contributed by atoms with Gasteiger partial charge in [0.25, 0.3) is 5.91 Å². The summed E-state index contributed by atoms with van der Waals surface area (Å²) in [6.07, 6.45) is 9.72. The zero-order valence-corrected chi connectivity index (χ0v) is 32.7. The summed E-state index contributed by atoms with van der Waals surface area (Å²) in [6.45, 7) is -0.0711. The van der Waals surface area contributed by atoms with E-state index in [-0.39, 0.29) is 36.7 Å². The van der Waals surface area contributed by atoms with Gasteiger partial charge in [-0.05, 0) is 88.5 Å². The van der Waals surface area contributed by atoms with Crippen LogP contribution in [0.2, 0.25) is 0 Å². The number of furan rings is 1. The first-order chi connectivity index (χ1) is 28.0. The van der Waals surface area contributed by atoms with E-state index in [1.807, 2.05) is 36.4 Å². The molecule has 58 heavy (non-hydrogen) atoms. The molecule has 4 amide bonds. The SMILES string of the molecule is O=C(N[C@@H]1CCCCC/C=C\[C@@H]2C[C@@]2(C(=O)NS(=O)(=O)C2CC2)NC(=O)[C@@H]2C[C@H](Oc3c4ccccc4nc4c3oc3cc(F)ccc34)CN2C1=O)OC1CCCC1. The first-order valence-electron chi connectivity index (χ1n) is 20.4. The van der Waals surface area contributed by atoms with Crippen LogP contribution < -0.4 is 20.1 Å². The minimum atomic E-state index is -3.92. The number of amides is 4. The molecule has 0 radical (unpaired) electrons. The van der Waals surface area contributed by atoms with E-state index in [0.717, 1.165) is 38.5 Å². The minimum Gasteiger partial charge on any atom is -0.484 e. The van der Waals surface area contributed by atoms with Crippen molar-refractivity contribution in [2.45, 2.75) is 119 Å².